The van der Waals surface area contributed by atoms with Gasteiger partial charge in [0.05, 0.1) is 6.04 Å². The van der Waals surface area contributed by atoms with E-state index in [1.165, 1.54) is 11.8 Å². The van der Waals surface area contributed by atoms with Gasteiger partial charge in [-0.05, 0) is 50.2 Å². The largest absolute Gasteiger partial charge is 0.329 e. The Balaban J connectivity index is 1.76. The Morgan fingerprint density at radius 3 is 2.60 bits per heavy atom. The lowest BCUT2D eigenvalue weighted by Gasteiger charge is -2.24. The SMILES string of the molecule is CN(C)Cc1ccc([C@H]2CCCN2C(=O)C(=O)c2cccnc2)cc1. The molecule has 2 aromatic rings. The summed E-state index contributed by atoms with van der Waals surface area (Å²) in [6, 6.07) is 11.6. The summed E-state index contributed by atoms with van der Waals surface area (Å²) in [5.41, 5.74) is 2.67. The van der Waals surface area contributed by atoms with Crippen LogP contribution in [0.1, 0.15) is 40.4 Å². The molecule has 0 aliphatic carbocycles. The minimum absolute atomic E-state index is 0.0264. The molecule has 1 aromatic heterocycles. The Morgan fingerprint density at radius 1 is 1.20 bits per heavy atom. The molecule has 0 radical (unpaired) electrons. The van der Waals surface area contributed by atoms with E-state index >= 15 is 0 Å². The van der Waals surface area contributed by atoms with Crippen molar-refractivity contribution < 1.29 is 9.59 Å². The highest BCUT2D eigenvalue weighted by Gasteiger charge is 2.33. The Labute approximate surface area is 148 Å². The van der Waals surface area contributed by atoms with Crippen molar-refractivity contribution in [2.24, 2.45) is 0 Å². The van der Waals surface area contributed by atoms with E-state index in [1.54, 1.807) is 23.2 Å². The molecule has 0 bridgehead atoms. The predicted molar refractivity (Wildman–Crippen MR) is 96.1 cm³/mol. The van der Waals surface area contributed by atoms with Gasteiger partial charge in [0.25, 0.3) is 11.7 Å². The number of likely N-dealkylation sites (tertiary alicyclic amines) is 1. The third kappa shape index (κ3) is 3.94. The van der Waals surface area contributed by atoms with Crippen molar-refractivity contribution in [3.05, 3.63) is 65.5 Å². The summed E-state index contributed by atoms with van der Waals surface area (Å²) < 4.78 is 0. The van der Waals surface area contributed by atoms with Crippen LogP contribution in [0.5, 0.6) is 0 Å². The van der Waals surface area contributed by atoms with E-state index in [9.17, 15) is 9.59 Å². The first-order valence-corrected chi connectivity index (χ1v) is 8.55. The number of carbonyl (C=O) groups is 2. The zero-order valence-electron chi connectivity index (χ0n) is 14.7. The van der Waals surface area contributed by atoms with Gasteiger partial charge in [-0.15, -0.1) is 0 Å². The zero-order chi connectivity index (χ0) is 17.8. The number of hydrogen-bond acceptors (Lipinski definition) is 4. The second-order valence-corrected chi connectivity index (χ2v) is 6.71. The zero-order valence-corrected chi connectivity index (χ0v) is 14.7. The second kappa shape index (κ2) is 7.57. The standard InChI is InChI=1S/C20H23N3O2/c1-22(2)14-15-7-9-16(10-8-15)18-6-4-12-23(18)20(25)19(24)17-5-3-11-21-13-17/h3,5,7-11,13,18H,4,6,12,14H2,1-2H3/t18-/m1/s1. The fourth-order valence-corrected chi connectivity index (χ4v) is 3.32. The van der Waals surface area contributed by atoms with E-state index < -0.39 is 11.7 Å². The average Bonchev–Trinajstić information content (AvgIpc) is 3.11. The molecule has 130 valence electrons. The predicted octanol–water partition coefficient (Wildman–Crippen LogP) is 2.69. The highest BCUT2D eigenvalue weighted by atomic mass is 16.2. The molecule has 1 aliphatic rings. The summed E-state index contributed by atoms with van der Waals surface area (Å²) in [7, 11) is 4.07. The molecule has 1 amide bonds. The Bertz CT molecular complexity index is 741. The number of pyridine rings is 1. The van der Waals surface area contributed by atoms with Gasteiger partial charge in [-0.2, -0.15) is 0 Å². The lowest BCUT2D eigenvalue weighted by Crippen LogP contribution is -2.36. The maximum atomic E-state index is 12.7. The number of aromatic nitrogens is 1. The van der Waals surface area contributed by atoms with E-state index in [-0.39, 0.29) is 6.04 Å². The van der Waals surface area contributed by atoms with Crippen molar-refractivity contribution in [2.75, 3.05) is 20.6 Å². The number of hydrogen-bond donors (Lipinski definition) is 0. The molecule has 5 heteroatoms. The van der Waals surface area contributed by atoms with Crippen LogP contribution in [-0.2, 0) is 11.3 Å². The van der Waals surface area contributed by atoms with Crippen molar-refractivity contribution in [1.82, 2.24) is 14.8 Å². The lowest BCUT2D eigenvalue weighted by atomic mass is 10.0. The van der Waals surface area contributed by atoms with Crippen LogP contribution < -0.4 is 0 Å². The minimum Gasteiger partial charge on any atom is -0.329 e. The van der Waals surface area contributed by atoms with Crippen LogP contribution in [0.3, 0.4) is 0 Å². The van der Waals surface area contributed by atoms with E-state index in [0.717, 1.165) is 24.9 Å². The number of Topliss-reactive ketones (excluding diaryl/α,β-unsaturated/α-hetero) is 1. The van der Waals surface area contributed by atoms with Crippen LogP contribution in [0.15, 0.2) is 48.8 Å². The molecular formula is C20H23N3O2. The molecule has 25 heavy (non-hydrogen) atoms. The van der Waals surface area contributed by atoms with Gasteiger partial charge in [0, 0.05) is 31.0 Å². The lowest BCUT2D eigenvalue weighted by molar-refractivity contribution is -0.127. The van der Waals surface area contributed by atoms with E-state index in [2.05, 4.69) is 34.1 Å². The van der Waals surface area contributed by atoms with E-state index in [4.69, 9.17) is 0 Å². The summed E-state index contributed by atoms with van der Waals surface area (Å²) >= 11 is 0. The van der Waals surface area contributed by atoms with Crippen LogP contribution in [0.25, 0.3) is 0 Å². The molecule has 1 saturated heterocycles. The molecule has 0 N–H and O–H groups in total. The third-order valence-electron chi connectivity index (χ3n) is 4.49. The highest BCUT2D eigenvalue weighted by Crippen LogP contribution is 2.32. The fraction of sp³-hybridized carbons (Fsp3) is 0.350. The molecule has 5 nitrogen and oxygen atoms in total. The van der Waals surface area contributed by atoms with Gasteiger partial charge in [-0.3, -0.25) is 14.6 Å². The summed E-state index contributed by atoms with van der Waals surface area (Å²) in [6.07, 6.45) is 4.84. The van der Waals surface area contributed by atoms with Crippen molar-refractivity contribution in [3.8, 4) is 0 Å². The summed E-state index contributed by atoms with van der Waals surface area (Å²) in [5.74, 6) is -0.919. The van der Waals surface area contributed by atoms with Crippen molar-refractivity contribution in [1.29, 1.82) is 0 Å². The van der Waals surface area contributed by atoms with Gasteiger partial charge in [-0.25, -0.2) is 0 Å². The molecule has 0 unspecified atom stereocenters. The normalized spacial score (nSPS) is 17.1. The summed E-state index contributed by atoms with van der Waals surface area (Å²) in [6.45, 7) is 1.50. The topological polar surface area (TPSA) is 53.5 Å². The number of amides is 1. The number of carbonyl (C=O) groups excluding carboxylic acids is 2. The monoisotopic (exact) mass is 337 g/mol. The first kappa shape index (κ1) is 17.3. The quantitative estimate of drug-likeness (QED) is 0.622. The smallest absolute Gasteiger partial charge is 0.295 e. The van der Waals surface area contributed by atoms with Crippen molar-refractivity contribution in [2.45, 2.75) is 25.4 Å². The molecule has 1 aliphatic heterocycles. The van der Waals surface area contributed by atoms with Crippen molar-refractivity contribution in [3.63, 3.8) is 0 Å². The van der Waals surface area contributed by atoms with Crippen LogP contribution in [0.4, 0.5) is 0 Å². The maximum Gasteiger partial charge on any atom is 0.295 e. The molecule has 3 rings (SSSR count). The molecule has 1 fully saturated rings. The number of ketones is 1. The van der Waals surface area contributed by atoms with Crippen LogP contribution >= 0.6 is 0 Å². The van der Waals surface area contributed by atoms with Gasteiger partial charge >= 0.3 is 0 Å². The third-order valence-corrected chi connectivity index (χ3v) is 4.49. The minimum atomic E-state index is -0.482. The van der Waals surface area contributed by atoms with Crippen LogP contribution in [-0.4, -0.2) is 47.1 Å². The van der Waals surface area contributed by atoms with Gasteiger partial charge in [0.2, 0.25) is 0 Å². The van der Waals surface area contributed by atoms with Gasteiger partial charge in [-0.1, -0.05) is 24.3 Å². The highest BCUT2D eigenvalue weighted by molar-refractivity contribution is 6.42. The average molecular weight is 337 g/mol. The van der Waals surface area contributed by atoms with Crippen molar-refractivity contribution >= 4 is 11.7 Å². The maximum absolute atomic E-state index is 12.7. The van der Waals surface area contributed by atoms with Crippen LogP contribution in [0.2, 0.25) is 0 Å². The molecule has 1 aromatic carbocycles. The first-order chi connectivity index (χ1) is 12.1. The second-order valence-electron chi connectivity index (χ2n) is 6.71. The Morgan fingerprint density at radius 2 is 1.96 bits per heavy atom. The van der Waals surface area contributed by atoms with Gasteiger partial charge in [0.15, 0.2) is 0 Å². The Kier molecular flexibility index (Phi) is 5.24. The number of rotatable bonds is 5. The van der Waals surface area contributed by atoms with Crippen LogP contribution in [0, 0.1) is 0 Å². The molecule has 0 spiro atoms. The molecular weight excluding hydrogens is 314 g/mol. The first-order valence-electron chi connectivity index (χ1n) is 8.55. The van der Waals surface area contributed by atoms with Gasteiger partial charge < -0.3 is 9.80 Å². The van der Waals surface area contributed by atoms with E-state index in [1.807, 2.05) is 14.1 Å². The molecule has 0 saturated carbocycles. The molecule has 1 atom stereocenters. The molecule has 2 heterocycles. The van der Waals surface area contributed by atoms with Gasteiger partial charge in [0.1, 0.15) is 0 Å². The number of benzene rings is 1. The summed E-state index contributed by atoms with van der Waals surface area (Å²) in [4.78, 5) is 32.9. The van der Waals surface area contributed by atoms with E-state index in [0.29, 0.717) is 12.1 Å². The summed E-state index contributed by atoms with van der Waals surface area (Å²) in [5, 5.41) is 0. The Hall–Kier alpha value is -2.53. The fourth-order valence-electron chi connectivity index (χ4n) is 3.32. The number of nitrogens with zero attached hydrogens (tertiary/aromatic N) is 3.